The van der Waals surface area contributed by atoms with Crippen molar-refractivity contribution in [2.24, 2.45) is 11.3 Å². The van der Waals surface area contributed by atoms with E-state index in [1.54, 1.807) is 12.1 Å². The van der Waals surface area contributed by atoms with E-state index in [2.05, 4.69) is 36.7 Å². The van der Waals surface area contributed by atoms with Crippen LogP contribution in [0.25, 0.3) is 0 Å². The summed E-state index contributed by atoms with van der Waals surface area (Å²) in [6.07, 6.45) is 0. The predicted molar refractivity (Wildman–Crippen MR) is 72.8 cm³/mol. The number of halogens is 2. The van der Waals surface area contributed by atoms with Crippen LogP contribution in [-0.2, 0) is 11.3 Å². The largest absolute Gasteiger partial charge is 0.376 e. The zero-order chi connectivity index (χ0) is 12.9. The Morgan fingerprint density at radius 3 is 2.47 bits per heavy atom. The third kappa shape index (κ3) is 4.76. The van der Waals surface area contributed by atoms with E-state index >= 15 is 0 Å². The Morgan fingerprint density at radius 1 is 1.29 bits per heavy atom. The van der Waals surface area contributed by atoms with Crippen LogP contribution in [0.15, 0.2) is 24.3 Å². The van der Waals surface area contributed by atoms with Crippen molar-refractivity contribution in [2.45, 2.75) is 27.4 Å². The summed E-state index contributed by atoms with van der Waals surface area (Å²) in [4.78, 5) is 0. The molecule has 96 valence electrons. The number of alkyl halides is 1. The van der Waals surface area contributed by atoms with Gasteiger partial charge in [0.25, 0.3) is 0 Å². The molecule has 0 saturated carbocycles. The Kier molecular flexibility index (Phi) is 5.60. The van der Waals surface area contributed by atoms with Crippen molar-refractivity contribution in [3.05, 3.63) is 35.6 Å². The molecule has 0 bridgehead atoms. The van der Waals surface area contributed by atoms with Gasteiger partial charge >= 0.3 is 0 Å². The molecule has 1 aromatic rings. The van der Waals surface area contributed by atoms with Crippen LogP contribution in [0.2, 0.25) is 0 Å². The Balaban J connectivity index is 2.45. The van der Waals surface area contributed by atoms with E-state index in [1.165, 1.54) is 6.07 Å². The lowest BCUT2D eigenvalue weighted by atomic mass is 9.83. The molecule has 0 fully saturated rings. The second-order valence-electron chi connectivity index (χ2n) is 5.32. The molecule has 0 aliphatic heterocycles. The molecule has 1 atom stereocenters. The third-order valence-electron chi connectivity index (χ3n) is 2.95. The molecular formula is C14H20BrFO. The van der Waals surface area contributed by atoms with Gasteiger partial charge in [0.1, 0.15) is 5.82 Å². The average Bonchev–Trinajstić information content (AvgIpc) is 2.25. The van der Waals surface area contributed by atoms with E-state index in [1.807, 2.05) is 6.07 Å². The Hall–Kier alpha value is -0.410. The standard InChI is InChI=1S/C14H20BrFO/c1-14(2,3)12(8-15)10-17-9-11-6-4-5-7-13(11)16/h4-7,12H,8-10H2,1-3H3. The first-order valence-corrected chi connectivity index (χ1v) is 6.94. The average molecular weight is 303 g/mol. The molecule has 0 aromatic heterocycles. The van der Waals surface area contributed by atoms with Crippen LogP contribution in [0.5, 0.6) is 0 Å². The summed E-state index contributed by atoms with van der Waals surface area (Å²) >= 11 is 3.50. The van der Waals surface area contributed by atoms with E-state index in [9.17, 15) is 4.39 Å². The quantitative estimate of drug-likeness (QED) is 0.733. The van der Waals surface area contributed by atoms with E-state index in [0.29, 0.717) is 24.7 Å². The monoisotopic (exact) mass is 302 g/mol. The van der Waals surface area contributed by atoms with Crippen LogP contribution in [0.1, 0.15) is 26.3 Å². The fourth-order valence-corrected chi connectivity index (χ4v) is 2.61. The van der Waals surface area contributed by atoms with Crippen molar-refractivity contribution >= 4 is 15.9 Å². The highest BCUT2D eigenvalue weighted by atomic mass is 79.9. The van der Waals surface area contributed by atoms with Gasteiger partial charge < -0.3 is 4.74 Å². The Morgan fingerprint density at radius 2 is 1.94 bits per heavy atom. The predicted octanol–water partition coefficient (Wildman–Crippen LogP) is 4.40. The summed E-state index contributed by atoms with van der Waals surface area (Å²) in [5.74, 6) is 0.230. The SMILES string of the molecule is CC(C)(C)C(CBr)COCc1ccccc1F. The Labute approximate surface area is 111 Å². The van der Waals surface area contributed by atoms with Gasteiger partial charge in [-0.15, -0.1) is 0 Å². The number of rotatable bonds is 5. The van der Waals surface area contributed by atoms with Crippen LogP contribution < -0.4 is 0 Å². The molecule has 0 N–H and O–H groups in total. The van der Waals surface area contributed by atoms with E-state index in [-0.39, 0.29) is 11.2 Å². The van der Waals surface area contributed by atoms with Gasteiger partial charge in [-0.2, -0.15) is 0 Å². The molecule has 0 radical (unpaired) electrons. The molecule has 0 spiro atoms. The molecule has 1 nitrogen and oxygen atoms in total. The zero-order valence-corrected chi connectivity index (χ0v) is 12.3. The number of benzene rings is 1. The lowest BCUT2D eigenvalue weighted by molar-refractivity contribution is 0.0551. The van der Waals surface area contributed by atoms with Gasteiger partial charge in [-0.3, -0.25) is 0 Å². The highest BCUT2D eigenvalue weighted by molar-refractivity contribution is 9.09. The second-order valence-corrected chi connectivity index (χ2v) is 5.97. The molecular weight excluding hydrogens is 283 g/mol. The van der Waals surface area contributed by atoms with Crippen molar-refractivity contribution in [1.82, 2.24) is 0 Å². The summed E-state index contributed by atoms with van der Waals surface area (Å²) < 4.78 is 19.0. The summed E-state index contributed by atoms with van der Waals surface area (Å²) in [5, 5.41) is 0.897. The maximum atomic E-state index is 13.3. The van der Waals surface area contributed by atoms with Gasteiger partial charge in [-0.25, -0.2) is 4.39 Å². The van der Waals surface area contributed by atoms with E-state index < -0.39 is 0 Å². The van der Waals surface area contributed by atoms with Crippen LogP contribution in [0.3, 0.4) is 0 Å². The number of hydrogen-bond acceptors (Lipinski definition) is 1. The Bertz CT molecular complexity index is 346. The van der Waals surface area contributed by atoms with Crippen LogP contribution in [0, 0.1) is 17.2 Å². The molecule has 17 heavy (non-hydrogen) atoms. The smallest absolute Gasteiger partial charge is 0.128 e. The minimum Gasteiger partial charge on any atom is -0.376 e. The van der Waals surface area contributed by atoms with Gasteiger partial charge in [0.05, 0.1) is 13.2 Å². The molecule has 0 amide bonds. The fraction of sp³-hybridized carbons (Fsp3) is 0.571. The lowest BCUT2D eigenvalue weighted by Crippen LogP contribution is -2.26. The van der Waals surface area contributed by atoms with E-state index in [4.69, 9.17) is 4.74 Å². The first-order chi connectivity index (χ1) is 7.95. The molecule has 0 heterocycles. The van der Waals surface area contributed by atoms with Crippen LogP contribution in [-0.4, -0.2) is 11.9 Å². The molecule has 3 heteroatoms. The first-order valence-electron chi connectivity index (χ1n) is 5.82. The topological polar surface area (TPSA) is 9.23 Å². The van der Waals surface area contributed by atoms with Crippen molar-refractivity contribution in [2.75, 3.05) is 11.9 Å². The lowest BCUT2D eigenvalue weighted by Gasteiger charge is -2.28. The highest BCUT2D eigenvalue weighted by Crippen LogP contribution is 2.27. The molecule has 1 rings (SSSR count). The third-order valence-corrected chi connectivity index (χ3v) is 3.73. The molecule has 1 unspecified atom stereocenters. The number of hydrogen-bond donors (Lipinski definition) is 0. The molecule has 0 aliphatic rings. The minimum absolute atomic E-state index is 0.193. The van der Waals surface area contributed by atoms with Crippen LogP contribution >= 0.6 is 15.9 Å². The van der Waals surface area contributed by atoms with E-state index in [0.717, 1.165) is 5.33 Å². The van der Waals surface area contributed by atoms with Gasteiger partial charge in [-0.1, -0.05) is 54.9 Å². The van der Waals surface area contributed by atoms with Crippen molar-refractivity contribution in [1.29, 1.82) is 0 Å². The van der Waals surface area contributed by atoms with Crippen molar-refractivity contribution in [3.8, 4) is 0 Å². The molecule has 1 aromatic carbocycles. The summed E-state index contributed by atoms with van der Waals surface area (Å²) in [5.41, 5.74) is 0.813. The maximum Gasteiger partial charge on any atom is 0.128 e. The van der Waals surface area contributed by atoms with Crippen molar-refractivity contribution in [3.63, 3.8) is 0 Å². The second kappa shape index (κ2) is 6.50. The van der Waals surface area contributed by atoms with Gasteiger partial charge in [0.2, 0.25) is 0 Å². The fourth-order valence-electron chi connectivity index (χ4n) is 1.45. The minimum atomic E-state index is -0.196. The first kappa shape index (κ1) is 14.7. The van der Waals surface area contributed by atoms with Crippen LogP contribution in [0.4, 0.5) is 4.39 Å². The summed E-state index contributed by atoms with van der Waals surface area (Å²) in [7, 11) is 0. The highest BCUT2D eigenvalue weighted by Gasteiger charge is 2.23. The van der Waals surface area contributed by atoms with Gasteiger partial charge in [0.15, 0.2) is 0 Å². The van der Waals surface area contributed by atoms with Crippen molar-refractivity contribution < 1.29 is 9.13 Å². The summed E-state index contributed by atoms with van der Waals surface area (Å²) in [6, 6.07) is 6.74. The van der Waals surface area contributed by atoms with Gasteiger partial charge in [0, 0.05) is 10.9 Å². The zero-order valence-electron chi connectivity index (χ0n) is 10.7. The molecule has 0 saturated heterocycles. The van der Waals surface area contributed by atoms with Gasteiger partial charge in [-0.05, 0) is 17.4 Å². The number of ether oxygens (including phenoxy) is 1. The normalized spacial score (nSPS) is 13.7. The molecule has 0 aliphatic carbocycles. The summed E-state index contributed by atoms with van der Waals surface area (Å²) in [6.45, 7) is 7.54. The maximum absolute atomic E-state index is 13.3.